The molecule has 126 valence electrons. The van der Waals surface area contributed by atoms with Gasteiger partial charge in [0.05, 0.1) is 9.95 Å². The van der Waals surface area contributed by atoms with Crippen LogP contribution in [0.5, 0.6) is 17.4 Å². The minimum atomic E-state index is -1.28. The van der Waals surface area contributed by atoms with Crippen molar-refractivity contribution in [2.24, 2.45) is 0 Å². The predicted octanol–water partition coefficient (Wildman–Crippen LogP) is 3.94. The fourth-order valence-electron chi connectivity index (χ4n) is 1.63. The Morgan fingerprint density at radius 1 is 1.38 bits per heavy atom. The average molecular weight is 373 g/mol. The lowest BCUT2D eigenvalue weighted by Crippen LogP contribution is -2.23. The number of aromatic nitrogens is 1. The first-order valence-electron chi connectivity index (χ1n) is 6.44. The van der Waals surface area contributed by atoms with Crippen LogP contribution in [0.3, 0.4) is 0 Å². The van der Waals surface area contributed by atoms with Gasteiger partial charge in [-0.05, 0) is 19.1 Å². The van der Waals surface area contributed by atoms with Crippen molar-refractivity contribution in [1.82, 2.24) is 4.98 Å². The number of nitrogens with zero attached hydrogens (tertiary/aromatic N) is 2. The third kappa shape index (κ3) is 4.24. The van der Waals surface area contributed by atoms with Crippen LogP contribution in [0.2, 0.25) is 10.0 Å². The van der Waals surface area contributed by atoms with Crippen LogP contribution < -0.4 is 9.47 Å². The van der Waals surface area contributed by atoms with Crippen molar-refractivity contribution in [3.63, 3.8) is 0 Å². The molecule has 1 unspecified atom stereocenters. The lowest BCUT2D eigenvalue weighted by molar-refractivity contribution is -0.386. The number of ether oxygens (including phenoxy) is 2. The summed E-state index contributed by atoms with van der Waals surface area (Å²) in [4.78, 5) is 25.1. The van der Waals surface area contributed by atoms with E-state index in [1.807, 2.05) is 0 Å². The van der Waals surface area contributed by atoms with Gasteiger partial charge in [0, 0.05) is 18.3 Å². The van der Waals surface area contributed by atoms with Gasteiger partial charge in [-0.2, -0.15) is 0 Å². The highest BCUT2D eigenvalue weighted by Crippen LogP contribution is 2.35. The minimum absolute atomic E-state index is 0.0344. The highest BCUT2D eigenvalue weighted by atomic mass is 35.5. The first-order chi connectivity index (χ1) is 11.3. The van der Waals surface area contributed by atoms with Crippen LogP contribution in [0, 0.1) is 10.1 Å². The van der Waals surface area contributed by atoms with Gasteiger partial charge in [-0.3, -0.25) is 10.1 Å². The number of benzene rings is 1. The van der Waals surface area contributed by atoms with Gasteiger partial charge >= 0.3 is 11.7 Å². The number of carbonyl (C=O) groups is 1. The zero-order valence-electron chi connectivity index (χ0n) is 12.1. The minimum Gasteiger partial charge on any atom is -0.479 e. The zero-order chi connectivity index (χ0) is 17.9. The number of carboxylic acids is 1. The monoisotopic (exact) mass is 372 g/mol. The van der Waals surface area contributed by atoms with E-state index in [9.17, 15) is 14.9 Å². The van der Waals surface area contributed by atoms with Crippen LogP contribution in [-0.4, -0.2) is 27.1 Å². The van der Waals surface area contributed by atoms with Crippen molar-refractivity contribution in [3.8, 4) is 17.4 Å². The number of carboxylic acid groups (broad SMARTS) is 1. The third-order valence-electron chi connectivity index (χ3n) is 2.77. The standard InChI is InChI=1S/C14H10Cl2N2O6/c1-7(14(19)20)23-12-5-9(2-3-11(12)18(21)22)24-13-10(16)4-8(15)6-17-13/h2-7H,1H3,(H,19,20). The van der Waals surface area contributed by atoms with E-state index in [2.05, 4.69) is 4.98 Å². The molecule has 0 saturated heterocycles. The highest BCUT2D eigenvalue weighted by molar-refractivity contribution is 6.35. The van der Waals surface area contributed by atoms with E-state index in [1.54, 1.807) is 0 Å². The largest absolute Gasteiger partial charge is 0.479 e. The van der Waals surface area contributed by atoms with Crippen LogP contribution >= 0.6 is 23.2 Å². The van der Waals surface area contributed by atoms with Crippen LogP contribution in [0.4, 0.5) is 5.69 Å². The van der Waals surface area contributed by atoms with E-state index in [0.29, 0.717) is 5.02 Å². The molecule has 8 nitrogen and oxygen atoms in total. The van der Waals surface area contributed by atoms with Crippen molar-refractivity contribution >= 4 is 34.9 Å². The summed E-state index contributed by atoms with van der Waals surface area (Å²) in [6.07, 6.45) is 0.0362. The number of halogens is 2. The number of nitro benzene ring substituents is 1. The van der Waals surface area contributed by atoms with Crippen molar-refractivity contribution in [2.45, 2.75) is 13.0 Å². The molecular formula is C14H10Cl2N2O6. The van der Waals surface area contributed by atoms with Crippen LogP contribution in [0.1, 0.15) is 6.92 Å². The van der Waals surface area contributed by atoms with Gasteiger partial charge < -0.3 is 14.6 Å². The average Bonchev–Trinajstić information content (AvgIpc) is 2.50. The molecule has 0 fully saturated rings. The normalized spacial score (nSPS) is 11.6. The quantitative estimate of drug-likeness (QED) is 0.603. The Balaban J connectivity index is 2.34. The molecule has 1 aromatic heterocycles. The van der Waals surface area contributed by atoms with Crippen LogP contribution in [0.25, 0.3) is 0 Å². The third-order valence-corrected chi connectivity index (χ3v) is 3.25. The van der Waals surface area contributed by atoms with E-state index in [1.165, 1.54) is 31.3 Å². The Kier molecular flexibility index (Phi) is 5.42. The number of rotatable bonds is 6. The van der Waals surface area contributed by atoms with E-state index >= 15 is 0 Å². The maximum Gasteiger partial charge on any atom is 0.344 e. The number of nitro groups is 1. The first-order valence-corrected chi connectivity index (χ1v) is 7.20. The fourth-order valence-corrected chi connectivity index (χ4v) is 2.05. The van der Waals surface area contributed by atoms with E-state index < -0.39 is 22.7 Å². The van der Waals surface area contributed by atoms with Crippen molar-refractivity contribution in [1.29, 1.82) is 0 Å². The SMILES string of the molecule is CC(Oc1cc(Oc2ncc(Cl)cc2Cl)ccc1[N+](=O)[O-])C(=O)O. The van der Waals surface area contributed by atoms with Crippen molar-refractivity contribution < 1.29 is 24.3 Å². The fraction of sp³-hybridized carbons (Fsp3) is 0.143. The lowest BCUT2D eigenvalue weighted by Gasteiger charge is -2.12. The molecule has 0 aliphatic carbocycles. The first kappa shape index (κ1) is 17.8. The van der Waals surface area contributed by atoms with E-state index in [-0.39, 0.29) is 22.4 Å². The maximum atomic E-state index is 11.0. The molecule has 0 saturated carbocycles. The highest BCUT2D eigenvalue weighted by Gasteiger charge is 2.22. The smallest absolute Gasteiger partial charge is 0.344 e. The van der Waals surface area contributed by atoms with Crippen LogP contribution in [0.15, 0.2) is 30.5 Å². The molecule has 1 heterocycles. The summed E-state index contributed by atoms with van der Waals surface area (Å²) in [7, 11) is 0. The Morgan fingerprint density at radius 3 is 2.67 bits per heavy atom. The second kappa shape index (κ2) is 7.33. The van der Waals surface area contributed by atoms with Crippen LogP contribution in [-0.2, 0) is 4.79 Å². The molecule has 0 radical (unpaired) electrons. The molecule has 0 bridgehead atoms. The molecule has 0 amide bonds. The second-order valence-corrected chi connectivity index (χ2v) is 5.37. The van der Waals surface area contributed by atoms with Gasteiger partial charge in [-0.15, -0.1) is 0 Å². The molecule has 1 N–H and O–H groups in total. The zero-order valence-corrected chi connectivity index (χ0v) is 13.6. The number of aliphatic carboxylic acids is 1. The van der Waals surface area contributed by atoms with Gasteiger partial charge in [-0.1, -0.05) is 23.2 Å². The summed E-state index contributed by atoms with van der Waals surface area (Å²) in [6.45, 7) is 1.25. The summed E-state index contributed by atoms with van der Waals surface area (Å²) < 4.78 is 10.5. The molecule has 2 rings (SSSR count). The number of hydrogen-bond acceptors (Lipinski definition) is 6. The molecule has 0 spiro atoms. The molecule has 24 heavy (non-hydrogen) atoms. The number of pyridine rings is 1. The summed E-state index contributed by atoms with van der Waals surface area (Å²) in [5, 5.41) is 20.4. The van der Waals surface area contributed by atoms with Crippen molar-refractivity contribution in [3.05, 3.63) is 50.6 Å². The predicted molar refractivity (Wildman–Crippen MR) is 85.2 cm³/mol. The van der Waals surface area contributed by atoms with Gasteiger partial charge in [0.2, 0.25) is 11.6 Å². The summed E-state index contributed by atoms with van der Waals surface area (Å²) >= 11 is 11.7. The van der Waals surface area contributed by atoms with Gasteiger partial charge in [0.25, 0.3) is 0 Å². The summed E-state index contributed by atoms with van der Waals surface area (Å²) in [5.74, 6) is -1.35. The Bertz CT molecular complexity index is 799. The van der Waals surface area contributed by atoms with E-state index in [4.69, 9.17) is 37.8 Å². The molecule has 10 heteroatoms. The molecule has 0 aliphatic heterocycles. The molecule has 1 aromatic carbocycles. The van der Waals surface area contributed by atoms with Gasteiger partial charge in [-0.25, -0.2) is 9.78 Å². The van der Waals surface area contributed by atoms with Gasteiger partial charge in [0.1, 0.15) is 10.8 Å². The van der Waals surface area contributed by atoms with Gasteiger partial charge in [0.15, 0.2) is 6.10 Å². The Morgan fingerprint density at radius 2 is 2.08 bits per heavy atom. The molecule has 0 aliphatic rings. The Labute approximate surface area is 145 Å². The number of hydrogen-bond donors (Lipinski definition) is 1. The summed E-state index contributed by atoms with van der Waals surface area (Å²) in [5.41, 5.74) is -0.398. The lowest BCUT2D eigenvalue weighted by atomic mass is 10.2. The molecule has 1 atom stereocenters. The topological polar surface area (TPSA) is 112 Å². The molecule has 2 aromatic rings. The van der Waals surface area contributed by atoms with Crippen molar-refractivity contribution in [2.75, 3.05) is 0 Å². The molecular weight excluding hydrogens is 363 g/mol. The Hall–Kier alpha value is -2.58. The summed E-state index contributed by atoms with van der Waals surface area (Å²) in [6, 6.07) is 5.04. The maximum absolute atomic E-state index is 11.0. The van der Waals surface area contributed by atoms with E-state index in [0.717, 1.165) is 6.07 Å². The second-order valence-electron chi connectivity index (χ2n) is 4.53.